The van der Waals surface area contributed by atoms with Crippen LogP contribution in [0.4, 0.5) is 0 Å². The summed E-state index contributed by atoms with van der Waals surface area (Å²) < 4.78 is 19.0. The third-order valence-electron chi connectivity index (χ3n) is 7.00. The molecule has 6 aromatic rings. The van der Waals surface area contributed by atoms with E-state index < -0.39 is 0 Å². The Bertz CT molecular complexity index is 1710. The lowest BCUT2D eigenvalue weighted by Gasteiger charge is -2.33. The maximum atomic E-state index is 6.43. The van der Waals surface area contributed by atoms with Gasteiger partial charge in [0.05, 0.1) is 0 Å². The summed E-state index contributed by atoms with van der Waals surface area (Å²) in [4.78, 5) is 0. The number of para-hydroxylation sites is 3. The van der Waals surface area contributed by atoms with Crippen molar-refractivity contribution in [2.75, 3.05) is 0 Å². The van der Waals surface area contributed by atoms with E-state index in [4.69, 9.17) is 13.9 Å². The molecule has 0 amide bonds. The SMILES string of the molecule is c1ccc2c(c1)Oc1cc(-c3ccc4c(c3)oc3ccccc34)cc3c1B2c1ccccc1O3. The number of hydrogen-bond donors (Lipinski definition) is 0. The van der Waals surface area contributed by atoms with Crippen molar-refractivity contribution in [3.63, 3.8) is 0 Å². The first-order valence-electron chi connectivity index (χ1n) is 11.5. The van der Waals surface area contributed by atoms with Crippen LogP contribution in [-0.2, 0) is 0 Å². The fraction of sp³-hybridized carbons (Fsp3) is 0. The van der Waals surface area contributed by atoms with E-state index in [0.717, 1.165) is 61.5 Å². The zero-order valence-corrected chi connectivity index (χ0v) is 18.1. The van der Waals surface area contributed by atoms with Crippen LogP contribution in [0.1, 0.15) is 0 Å². The summed E-state index contributed by atoms with van der Waals surface area (Å²) in [5.41, 5.74) is 7.30. The van der Waals surface area contributed by atoms with E-state index in [2.05, 4.69) is 60.7 Å². The molecule has 0 aliphatic carbocycles. The summed E-state index contributed by atoms with van der Waals surface area (Å²) in [5.74, 6) is 3.48. The first-order valence-corrected chi connectivity index (χ1v) is 11.5. The van der Waals surface area contributed by atoms with Gasteiger partial charge in [-0.05, 0) is 64.5 Å². The summed E-state index contributed by atoms with van der Waals surface area (Å²) in [7, 11) is 0. The first kappa shape index (κ1) is 18.0. The lowest BCUT2D eigenvalue weighted by molar-refractivity contribution is 0.465. The van der Waals surface area contributed by atoms with Crippen molar-refractivity contribution in [1.82, 2.24) is 0 Å². The van der Waals surface area contributed by atoms with Crippen LogP contribution in [0.3, 0.4) is 0 Å². The molecule has 34 heavy (non-hydrogen) atoms. The molecule has 1 aromatic heterocycles. The lowest BCUT2D eigenvalue weighted by Crippen LogP contribution is -2.57. The molecule has 0 spiro atoms. The number of fused-ring (bicyclic) bond motifs is 7. The smallest absolute Gasteiger partial charge is 0.260 e. The molecule has 2 aliphatic rings. The number of rotatable bonds is 1. The second kappa shape index (κ2) is 6.55. The van der Waals surface area contributed by atoms with Gasteiger partial charge in [0.1, 0.15) is 34.2 Å². The van der Waals surface area contributed by atoms with Gasteiger partial charge in [-0.25, -0.2) is 0 Å². The molecule has 0 unspecified atom stereocenters. The van der Waals surface area contributed by atoms with E-state index in [1.807, 2.05) is 42.5 Å². The molecule has 0 bridgehead atoms. The molecule has 0 N–H and O–H groups in total. The first-order chi connectivity index (χ1) is 16.8. The highest BCUT2D eigenvalue weighted by molar-refractivity contribution is 6.98. The summed E-state index contributed by atoms with van der Waals surface area (Å²) >= 11 is 0. The third kappa shape index (κ3) is 2.42. The van der Waals surface area contributed by atoms with E-state index in [1.54, 1.807) is 0 Å². The Morgan fingerprint density at radius 2 is 1.09 bits per heavy atom. The Balaban J connectivity index is 1.35. The van der Waals surface area contributed by atoms with E-state index in [9.17, 15) is 0 Å². The van der Waals surface area contributed by atoms with E-state index >= 15 is 0 Å². The molecule has 5 aromatic carbocycles. The Hall–Kier alpha value is -4.44. The van der Waals surface area contributed by atoms with Crippen molar-refractivity contribution in [2.45, 2.75) is 0 Å². The minimum atomic E-state index is 0.0896. The van der Waals surface area contributed by atoms with Gasteiger partial charge in [0.2, 0.25) is 0 Å². The number of furan rings is 1. The van der Waals surface area contributed by atoms with Crippen molar-refractivity contribution in [3.05, 3.63) is 103 Å². The Kier molecular flexibility index (Phi) is 3.48. The van der Waals surface area contributed by atoms with Crippen LogP contribution in [-0.4, -0.2) is 6.71 Å². The van der Waals surface area contributed by atoms with Crippen LogP contribution < -0.4 is 25.9 Å². The van der Waals surface area contributed by atoms with Gasteiger partial charge in [-0.2, -0.15) is 0 Å². The molecule has 0 saturated carbocycles. The molecule has 0 saturated heterocycles. The van der Waals surface area contributed by atoms with Gasteiger partial charge in [-0.1, -0.05) is 60.7 Å². The standard InChI is InChI=1S/C30H17BO3/c1-4-10-24-20(7-1)21-14-13-18(15-27(21)32-24)19-16-28-30-29(17-19)34-26-12-6-3-9-23(26)31(30)22-8-2-5-11-25(22)33-28/h1-17H. The highest BCUT2D eigenvalue weighted by Crippen LogP contribution is 2.39. The van der Waals surface area contributed by atoms with Crippen molar-refractivity contribution < 1.29 is 13.9 Å². The zero-order valence-electron chi connectivity index (χ0n) is 18.1. The minimum Gasteiger partial charge on any atom is -0.458 e. The summed E-state index contributed by atoms with van der Waals surface area (Å²) in [6.45, 7) is 0.0896. The van der Waals surface area contributed by atoms with Crippen molar-refractivity contribution in [1.29, 1.82) is 0 Å². The topological polar surface area (TPSA) is 31.6 Å². The molecule has 3 heterocycles. The average molecular weight is 436 g/mol. The maximum absolute atomic E-state index is 6.43. The molecule has 2 aliphatic heterocycles. The third-order valence-corrected chi connectivity index (χ3v) is 7.00. The zero-order chi connectivity index (χ0) is 22.2. The molecule has 0 fully saturated rings. The molecular formula is C30H17BO3. The fourth-order valence-corrected chi connectivity index (χ4v) is 5.47. The normalized spacial score (nSPS) is 13.1. The van der Waals surface area contributed by atoms with Crippen LogP contribution >= 0.6 is 0 Å². The number of hydrogen-bond acceptors (Lipinski definition) is 3. The molecule has 0 atom stereocenters. The van der Waals surface area contributed by atoms with E-state index in [0.29, 0.717) is 0 Å². The second-order valence-corrected chi connectivity index (χ2v) is 8.91. The Morgan fingerprint density at radius 3 is 1.82 bits per heavy atom. The van der Waals surface area contributed by atoms with Crippen LogP contribution in [0.25, 0.3) is 33.1 Å². The van der Waals surface area contributed by atoms with Gasteiger partial charge in [0, 0.05) is 16.2 Å². The highest BCUT2D eigenvalue weighted by Gasteiger charge is 2.40. The van der Waals surface area contributed by atoms with Crippen LogP contribution in [0, 0.1) is 0 Å². The molecular weight excluding hydrogens is 419 g/mol. The molecule has 0 radical (unpaired) electrons. The molecule has 8 rings (SSSR count). The van der Waals surface area contributed by atoms with Gasteiger partial charge in [0.15, 0.2) is 0 Å². The minimum absolute atomic E-state index is 0.0896. The van der Waals surface area contributed by atoms with Crippen LogP contribution in [0.2, 0.25) is 0 Å². The highest BCUT2D eigenvalue weighted by atomic mass is 16.5. The number of benzene rings is 5. The van der Waals surface area contributed by atoms with Gasteiger partial charge in [0.25, 0.3) is 6.71 Å². The lowest BCUT2D eigenvalue weighted by atomic mass is 9.35. The largest absolute Gasteiger partial charge is 0.458 e. The van der Waals surface area contributed by atoms with Gasteiger partial charge in [-0.3, -0.25) is 0 Å². The average Bonchev–Trinajstić information content (AvgIpc) is 3.26. The summed E-state index contributed by atoms with van der Waals surface area (Å²) in [5, 5.41) is 2.25. The predicted molar refractivity (Wildman–Crippen MR) is 137 cm³/mol. The van der Waals surface area contributed by atoms with Crippen molar-refractivity contribution in [2.24, 2.45) is 0 Å². The van der Waals surface area contributed by atoms with Crippen LogP contribution in [0.15, 0.2) is 108 Å². The van der Waals surface area contributed by atoms with Crippen LogP contribution in [0.5, 0.6) is 23.0 Å². The Labute approximate surface area is 196 Å². The maximum Gasteiger partial charge on any atom is 0.260 e. The molecule has 158 valence electrons. The van der Waals surface area contributed by atoms with Gasteiger partial charge >= 0.3 is 0 Å². The van der Waals surface area contributed by atoms with Crippen molar-refractivity contribution >= 4 is 45.0 Å². The summed E-state index contributed by atoms with van der Waals surface area (Å²) in [6.07, 6.45) is 0. The van der Waals surface area contributed by atoms with Crippen molar-refractivity contribution in [3.8, 4) is 34.1 Å². The van der Waals surface area contributed by atoms with Gasteiger partial charge in [-0.15, -0.1) is 0 Å². The number of ether oxygens (including phenoxy) is 2. The van der Waals surface area contributed by atoms with E-state index in [-0.39, 0.29) is 6.71 Å². The summed E-state index contributed by atoms with van der Waals surface area (Å²) in [6, 6.07) is 35.4. The quantitative estimate of drug-likeness (QED) is 0.297. The second-order valence-electron chi connectivity index (χ2n) is 8.91. The van der Waals surface area contributed by atoms with Gasteiger partial charge < -0.3 is 13.9 Å². The van der Waals surface area contributed by atoms with E-state index in [1.165, 1.54) is 10.9 Å². The molecule has 3 nitrogen and oxygen atoms in total. The Morgan fingerprint density at radius 1 is 0.471 bits per heavy atom. The predicted octanol–water partition coefficient (Wildman–Crippen LogP) is 5.98. The molecule has 4 heteroatoms. The fourth-order valence-electron chi connectivity index (χ4n) is 5.47. The monoisotopic (exact) mass is 436 g/mol.